The van der Waals surface area contributed by atoms with Crippen LogP contribution in [0.25, 0.3) is 11.4 Å². The van der Waals surface area contributed by atoms with E-state index in [1.807, 2.05) is 13.8 Å². The maximum absolute atomic E-state index is 12.5. The Morgan fingerprint density at radius 2 is 1.88 bits per heavy atom. The van der Waals surface area contributed by atoms with Gasteiger partial charge in [-0.15, -0.1) is 0 Å². The number of benzene rings is 1. The van der Waals surface area contributed by atoms with Crippen molar-refractivity contribution in [1.29, 1.82) is 0 Å². The molecular formula is C16H18F3N3O3. The molecule has 0 fully saturated rings. The van der Waals surface area contributed by atoms with Crippen molar-refractivity contribution in [3.63, 3.8) is 0 Å². The summed E-state index contributed by atoms with van der Waals surface area (Å²) in [6.45, 7) is 3.96. The number of hydrogen-bond acceptors (Lipinski definition) is 5. The molecular weight excluding hydrogens is 339 g/mol. The molecule has 2 aromatic rings. The van der Waals surface area contributed by atoms with Crippen LogP contribution in [0.3, 0.4) is 0 Å². The molecule has 0 unspecified atom stereocenters. The molecule has 6 nitrogen and oxygen atoms in total. The molecule has 0 aliphatic carbocycles. The van der Waals surface area contributed by atoms with E-state index in [0.29, 0.717) is 12.2 Å². The molecule has 0 radical (unpaired) electrons. The van der Waals surface area contributed by atoms with Gasteiger partial charge in [-0.3, -0.25) is 4.79 Å². The Bertz CT molecular complexity index is 724. The summed E-state index contributed by atoms with van der Waals surface area (Å²) in [5, 5.41) is 6.21. The summed E-state index contributed by atoms with van der Waals surface area (Å²) in [4.78, 5) is 15.2. The average Bonchev–Trinajstić information content (AvgIpc) is 3.03. The first-order valence-electron chi connectivity index (χ1n) is 7.45. The summed E-state index contributed by atoms with van der Waals surface area (Å²) in [7, 11) is 1.51. The van der Waals surface area contributed by atoms with Gasteiger partial charge in [0.2, 0.25) is 11.7 Å². The first kappa shape index (κ1) is 18.9. The number of rotatable bonds is 6. The Hall–Kier alpha value is -2.42. The summed E-state index contributed by atoms with van der Waals surface area (Å²) in [5.41, 5.74) is 0.503. The Kier molecular flexibility index (Phi) is 5.46. The molecule has 0 spiro atoms. The first-order chi connectivity index (χ1) is 11.6. The largest absolute Gasteiger partial charge is 0.471 e. The lowest BCUT2D eigenvalue weighted by atomic mass is 9.93. The Morgan fingerprint density at radius 1 is 1.24 bits per heavy atom. The lowest BCUT2D eigenvalue weighted by molar-refractivity contribution is -0.159. The first-order valence-corrected chi connectivity index (χ1v) is 7.45. The van der Waals surface area contributed by atoms with E-state index in [2.05, 4.69) is 20.0 Å². The van der Waals surface area contributed by atoms with E-state index < -0.39 is 17.6 Å². The lowest BCUT2D eigenvalue weighted by Gasteiger charge is -2.27. The van der Waals surface area contributed by atoms with Gasteiger partial charge in [-0.25, -0.2) is 0 Å². The highest BCUT2D eigenvalue weighted by atomic mass is 19.4. The second kappa shape index (κ2) is 7.22. The second-order valence-electron chi connectivity index (χ2n) is 5.91. The van der Waals surface area contributed by atoms with Gasteiger partial charge in [-0.2, -0.15) is 18.2 Å². The predicted molar refractivity (Wildman–Crippen MR) is 82.4 cm³/mol. The van der Waals surface area contributed by atoms with Gasteiger partial charge in [0.1, 0.15) is 0 Å². The molecule has 0 saturated heterocycles. The number of carbonyl (C=O) groups excluding carboxylic acids is 1. The molecule has 1 heterocycles. The minimum absolute atomic E-state index is 0.152. The van der Waals surface area contributed by atoms with Gasteiger partial charge in [0.05, 0.1) is 12.1 Å². The molecule has 1 aromatic heterocycles. The number of amides is 1. The van der Waals surface area contributed by atoms with Crippen LogP contribution in [0.2, 0.25) is 0 Å². The van der Waals surface area contributed by atoms with Crippen LogP contribution in [-0.2, 0) is 21.2 Å². The third kappa shape index (κ3) is 4.79. The van der Waals surface area contributed by atoms with Gasteiger partial charge in [0.15, 0.2) is 0 Å². The number of nitrogens with zero attached hydrogens (tertiary/aromatic N) is 2. The molecule has 0 bridgehead atoms. The summed E-state index contributed by atoms with van der Waals surface area (Å²) < 4.78 is 46.6. The maximum atomic E-state index is 12.5. The van der Waals surface area contributed by atoms with Crippen molar-refractivity contribution < 1.29 is 27.2 Å². The zero-order valence-corrected chi connectivity index (χ0v) is 14.0. The molecule has 136 valence electrons. The normalized spacial score (nSPS) is 12.2. The Morgan fingerprint density at radius 3 is 2.40 bits per heavy atom. The minimum atomic E-state index is -4.68. The highest BCUT2D eigenvalue weighted by Crippen LogP contribution is 2.30. The number of halogens is 3. The molecule has 0 aliphatic rings. The smallest absolute Gasteiger partial charge is 0.384 e. The van der Waals surface area contributed by atoms with Crippen LogP contribution in [-0.4, -0.2) is 29.8 Å². The third-order valence-electron chi connectivity index (χ3n) is 3.52. The van der Waals surface area contributed by atoms with Crippen molar-refractivity contribution in [2.75, 3.05) is 13.7 Å². The standard InChI is InChI=1S/C16H18F3N3O3/c1-15(2,21-12(23)8-9-24-3)11-6-4-10(5-7-11)13-20-14(25-22-13)16(17,18)19/h4-7H,8-9H2,1-3H3,(H,21,23). The molecule has 25 heavy (non-hydrogen) atoms. The number of hydrogen-bond donors (Lipinski definition) is 1. The van der Waals surface area contributed by atoms with Crippen LogP contribution in [0, 0.1) is 0 Å². The van der Waals surface area contributed by atoms with Crippen LogP contribution in [0.15, 0.2) is 28.8 Å². The number of alkyl halides is 3. The number of ether oxygens (including phenoxy) is 1. The fourth-order valence-electron chi connectivity index (χ4n) is 2.17. The predicted octanol–water partition coefficient (Wildman–Crippen LogP) is 3.14. The van der Waals surface area contributed by atoms with Gasteiger partial charge in [0.25, 0.3) is 0 Å². The van der Waals surface area contributed by atoms with E-state index in [0.717, 1.165) is 5.56 Å². The van der Waals surface area contributed by atoms with E-state index in [4.69, 9.17) is 4.74 Å². The molecule has 1 N–H and O–H groups in total. The zero-order chi connectivity index (χ0) is 18.7. The van der Waals surface area contributed by atoms with Crippen molar-refractivity contribution in [2.24, 2.45) is 0 Å². The maximum Gasteiger partial charge on any atom is 0.471 e. The lowest BCUT2D eigenvalue weighted by Crippen LogP contribution is -2.41. The van der Waals surface area contributed by atoms with E-state index in [1.54, 1.807) is 24.3 Å². The molecule has 9 heteroatoms. The monoisotopic (exact) mass is 357 g/mol. The molecule has 0 saturated carbocycles. The van der Waals surface area contributed by atoms with Gasteiger partial charge in [-0.1, -0.05) is 29.4 Å². The van der Waals surface area contributed by atoms with Crippen molar-refractivity contribution in [3.8, 4) is 11.4 Å². The van der Waals surface area contributed by atoms with Gasteiger partial charge >= 0.3 is 12.1 Å². The quantitative estimate of drug-likeness (QED) is 0.859. The third-order valence-corrected chi connectivity index (χ3v) is 3.52. The highest BCUT2D eigenvalue weighted by Gasteiger charge is 2.38. The van der Waals surface area contributed by atoms with Crippen LogP contribution >= 0.6 is 0 Å². The number of carbonyl (C=O) groups is 1. The summed E-state index contributed by atoms with van der Waals surface area (Å²) in [6.07, 6.45) is -4.44. The fourth-order valence-corrected chi connectivity index (χ4v) is 2.17. The van der Waals surface area contributed by atoms with Crippen LogP contribution in [0.5, 0.6) is 0 Å². The van der Waals surface area contributed by atoms with E-state index in [9.17, 15) is 18.0 Å². The number of methoxy groups -OCH3 is 1. The number of aromatic nitrogens is 2. The van der Waals surface area contributed by atoms with Crippen molar-refractivity contribution >= 4 is 5.91 Å². The van der Waals surface area contributed by atoms with Crippen LogP contribution in [0.1, 0.15) is 31.7 Å². The van der Waals surface area contributed by atoms with E-state index in [-0.39, 0.29) is 18.2 Å². The van der Waals surface area contributed by atoms with E-state index in [1.165, 1.54) is 7.11 Å². The van der Waals surface area contributed by atoms with Crippen LogP contribution in [0.4, 0.5) is 13.2 Å². The summed E-state index contributed by atoms with van der Waals surface area (Å²) in [5.74, 6) is -1.71. The zero-order valence-electron chi connectivity index (χ0n) is 14.0. The molecule has 0 atom stereocenters. The van der Waals surface area contributed by atoms with Crippen molar-refractivity contribution in [3.05, 3.63) is 35.7 Å². The van der Waals surface area contributed by atoms with Crippen LogP contribution < -0.4 is 5.32 Å². The highest BCUT2D eigenvalue weighted by molar-refractivity contribution is 5.77. The SMILES string of the molecule is COCCC(=O)NC(C)(C)c1ccc(-c2noc(C(F)(F)F)n2)cc1. The van der Waals surface area contributed by atoms with Crippen molar-refractivity contribution in [1.82, 2.24) is 15.5 Å². The van der Waals surface area contributed by atoms with Gasteiger partial charge < -0.3 is 14.6 Å². The molecule has 2 rings (SSSR count). The Balaban J connectivity index is 2.13. The van der Waals surface area contributed by atoms with Crippen molar-refractivity contribution in [2.45, 2.75) is 32.0 Å². The summed E-state index contributed by atoms with van der Waals surface area (Å²) >= 11 is 0. The molecule has 0 aliphatic heterocycles. The number of nitrogens with one attached hydrogen (secondary N) is 1. The Labute approximate surface area is 142 Å². The van der Waals surface area contributed by atoms with Gasteiger partial charge in [0, 0.05) is 19.1 Å². The minimum Gasteiger partial charge on any atom is -0.384 e. The molecule has 1 aromatic carbocycles. The van der Waals surface area contributed by atoms with E-state index >= 15 is 0 Å². The molecule has 1 amide bonds. The topological polar surface area (TPSA) is 77.2 Å². The van der Waals surface area contributed by atoms with Gasteiger partial charge in [-0.05, 0) is 19.4 Å². The summed E-state index contributed by atoms with van der Waals surface area (Å²) in [6, 6.07) is 6.53. The fraction of sp³-hybridized carbons (Fsp3) is 0.438. The second-order valence-corrected chi connectivity index (χ2v) is 5.91. The average molecular weight is 357 g/mol.